The van der Waals surface area contributed by atoms with Gasteiger partial charge in [-0.15, -0.1) is 11.3 Å². The van der Waals surface area contributed by atoms with Gasteiger partial charge in [0.2, 0.25) is 0 Å². The topological polar surface area (TPSA) is 53.0 Å². The van der Waals surface area contributed by atoms with E-state index < -0.39 is 6.10 Å². The Bertz CT molecular complexity index is 779. The summed E-state index contributed by atoms with van der Waals surface area (Å²) in [5.41, 5.74) is 2.71. The van der Waals surface area contributed by atoms with Gasteiger partial charge in [0.1, 0.15) is 12.7 Å². The second-order valence-electron chi connectivity index (χ2n) is 7.78. The van der Waals surface area contributed by atoms with Crippen molar-refractivity contribution in [3.8, 4) is 0 Å². The van der Waals surface area contributed by atoms with Gasteiger partial charge in [-0.05, 0) is 41.8 Å². The largest absolute Gasteiger partial charge is 0.447 e. The smallest absolute Gasteiger partial charge is 0.409 e. The van der Waals surface area contributed by atoms with Crippen molar-refractivity contribution in [1.82, 2.24) is 9.80 Å². The highest BCUT2D eigenvalue weighted by Crippen LogP contribution is 2.27. The van der Waals surface area contributed by atoms with Gasteiger partial charge in [-0.25, -0.2) is 4.79 Å². The zero-order valence-electron chi connectivity index (χ0n) is 16.1. The maximum Gasteiger partial charge on any atom is 0.409 e. The lowest BCUT2D eigenvalue weighted by Crippen LogP contribution is -2.42. The van der Waals surface area contributed by atoms with Gasteiger partial charge in [0.15, 0.2) is 0 Å². The Kier molecular flexibility index (Phi) is 6.29. The fourth-order valence-electron chi connectivity index (χ4n) is 4.19. The molecule has 0 bridgehead atoms. The fourth-order valence-corrected chi connectivity index (χ4v) is 5.17. The first-order chi connectivity index (χ1) is 13.7. The number of hydrogen-bond acceptors (Lipinski definition) is 5. The van der Waals surface area contributed by atoms with E-state index in [-0.39, 0.29) is 12.7 Å². The number of amides is 1. The molecule has 1 aromatic heterocycles. The second-order valence-corrected chi connectivity index (χ2v) is 8.78. The van der Waals surface area contributed by atoms with Crippen LogP contribution in [0.3, 0.4) is 0 Å². The van der Waals surface area contributed by atoms with Crippen LogP contribution in [0.25, 0.3) is 0 Å². The van der Waals surface area contributed by atoms with Crippen LogP contribution >= 0.6 is 11.3 Å². The minimum Gasteiger partial charge on any atom is -0.447 e. The predicted octanol–water partition coefficient (Wildman–Crippen LogP) is 3.48. The van der Waals surface area contributed by atoms with Crippen molar-refractivity contribution in [2.24, 2.45) is 0 Å². The number of likely N-dealkylation sites (tertiary alicyclic amines) is 1. The Labute approximate surface area is 170 Å². The van der Waals surface area contributed by atoms with Gasteiger partial charge in [-0.1, -0.05) is 30.3 Å². The van der Waals surface area contributed by atoms with Crippen molar-refractivity contribution in [2.75, 3.05) is 32.8 Å². The van der Waals surface area contributed by atoms with Crippen LogP contribution in [0.1, 0.15) is 34.8 Å². The van der Waals surface area contributed by atoms with Crippen molar-refractivity contribution in [1.29, 1.82) is 0 Å². The van der Waals surface area contributed by atoms with Crippen molar-refractivity contribution in [3.63, 3.8) is 0 Å². The summed E-state index contributed by atoms with van der Waals surface area (Å²) in [6.07, 6.45) is 2.14. The van der Waals surface area contributed by atoms with Gasteiger partial charge in [0, 0.05) is 43.5 Å². The number of hydrogen-bond donors (Lipinski definition) is 1. The number of carbonyl (C=O) groups is 1. The Balaban J connectivity index is 1.22. The number of ether oxygens (including phenoxy) is 1. The minimum atomic E-state index is -0.653. The van der Waals surface area contributed by atoms with E-state index in [0.29, 0.717) is 19.0 Å². The number of thiophene rings is 1. The van der Waals surface area contributed by atoms with Crippen LogP contribution in [0, 0.1) is 0 Å². The summed E-state index contributed by atoms with van der Waals surface area (Å²) in [7, 11) is 0. The molecule has 2 unspecified atom stereocenters. The lowest BCUT2D eigenvalue weighted by molar-refractivity contribution is 0.0244. The summed E-state index contributed by atoms with van der Waals surface area (Å²) in [5.74, 6) is 0.362. The number of piperidine rings is 1. The molecule has 1 fully saturated rings. The molecular weight excluding hydrogens is 372 g/mol. The van der Waals surface area contributed by atoms with E-state index in [1.807, 2.05) is 18.2 Å². The number of rotatable bonds is 5. The molecule has 5 nitrogen and oxygen atoms in total. The molecule has 2 aliphatic heterocycles. The molecule has 2 aliphatic rings. The molecule has 0 radical (unpaired) electrons. The normalized spacial score (nSPS) is 21.2. The second kappa shape index (κ2) is 9.07. The quantitative estimate of drug-likeness (QED) is 0.835. The van der Waals surface area contributed by atoms with Crippen molar-refractivity contribution in [2.45, 2.75) is 37.8 Å². The first kappa shape index (κ1) is 19.4. The van der Waals surface area contributed by atoms with Gasteiger partial charge >= 0.3 is 6.09 Å². The highest BCUT2D eigenvalue weighted by atomic mass is 32.1. The zero-order valence-corrected chi connectivity index (χ0v) is 16.9. The summed E-state index contributed by atoms with van der Waals surface area (Å²) < 4.78 is 5.44. The average Bonchev–Trinajstić information content (AvgIpc) is 3.20. The predicted molar refractivity (Wildman–Crippen MR) is 111 cm³/mol. The average molecular weight is 401 g/mol. The van der Waals surface area contributed by atoms with Crippen molar-refractivity contribution in [3.05, 3.63) is 57.8 Å². The molecule has 3 heterocycles. The number of fused-ring (bicyclic) bond motifs is 1. The number of benzene rings is 1. The molecule has 4 rings (SSSR count). The SMILES string of the molecule is O=C(OCC(O)CN1CCc2ccsc2C1)N1CCCC(c2ccccc2)C1. The third-order valence-corrected chi connectivity index (χ3v) is 6.67. The van der Waals surface area contributed by atoms with Gasteiger partial charge in [-0.2, -0.15) is 0 Å². The molecule has 28 heavy (non-hydrogen) atoms. The molecule has 0 aliphatic carbocycles. The van der Waals surface area contributed by atoms with Crippen LogP contribution in [0.5, 0.6) is 0 Å². The zero-order chi connectivity index (χ0) is 19.3. The molecule has 1 aromatic carbocycles. The summed E-state index contributed by atoms with van der Waals surface area (Å²) in [4.78, 5) is 17.9. The van der Waals surface area contributed by atoms with Gasteiger partial charge in [0.05, 0.1) is 0 Å². The molecule has 1 amide bonds. The van der Waals surface area contributed by atoms with Crippen molar-refractivity contribution >= 4 is 17.4 Å². The van der Waals surface area contributed by atoms with Crippen LogP contribution in [-0.2, 0) is 17.7 Å². The monoisotopic (exact) mass is 400 g/mol. The Morgan fingerprint density at radius 1 is 1.25 bits per heavy atom. The molecule has 2 aromatic rings. The van der Waals surface area contributed by atoms with Crippen LogP contribution in [0.2, 0.25) is 0 Å². The van der Waals surface area contributed by atoms with E-state index in [1.54, 1.807) is 16.2 Å². The number of nitrogens with zero attached hydrogens (tertiary/aromatic N) is 2. The third-order valence-electron chi connectivity index (χ3n) is 5.72. The standard InChI is InChI=1S/C22H28N2O3S/c25-20(14-23-11-8-18-9-12-28-21(18)15-23)16-27-22(26)24-10-4-7-19(13-24)17-5-2-1-3-6-17/h1-3,5-6,9,12,19-20,25H,4,7-8,10-11,13-16H2. The molecular formula is C22H28N2O3S. The van der Waals surface area contributed by atoms with E-state index in [1.165, 1.54) is 16.0 Å². The Morgan fingerprint density at radius 3 is 2.96 bits per heavy atom. The lowest BCUT2D eigenvalue weighted by atomic mass is 9.91. The Morgan fingerprint density at radius 2 is 2.11 bits per heavy atom. The molecule has 150 valence electrons. The molecule has 6 heteroatoms. The van der Waals surface area contributed by atoms with Gasteiger partial charge in [0.25, 0.3) is 0 Å². The number of aliphatic hydroxyl groups excluding tert-OH is 1. The lowest BCUT2D eigenvalue weighted by Gasteiger charge is -2.33. The van der Waals surface area contributed by atoms with E-state index in [0.717, 1.165) is 38.9 Å². The van der Waals surface area contributed by atoms with E-state index >= 15 is 0 Å². The molecule has 0 saturated carbocycles. The van der Waals surface area contributed by atoms with Gasteiger partial charge < -0.3 is 14.7 Å². The summed E-state index contributed by atoms with van der Waals surface area (Å²) >= 11 is 1.78. The number of carbonyl (C=O) groups excluding carboxylic acids is 1. The van der Waals surface area contributed by atoms with Gasteiger partial charge in [-0.3, -0.25) is 4.90 Å². The first-order valence-electron chi connectivity index (χ1n) is 10.1. The Hall–Kier alpha value is -1.89. The van der Waals surface area contributed by atoms with Crippen LogP contribution in [0.15, 0.2) is 41.8 Å². The van der Waals surface area contributed by atoms with Crippen LogP contribution < -0.4 is 0 Å². The third kappa shape index (κ3) is 4.74. The minimum absolute atomic E-state index is 0.0547. The molecule has 1 saturated heterocycles. The summed E-state index contributed by atoms with van der Waals surface area (Å²) in [5, 5.41) is 12.5. The summed E-state index contributed by atoms with van der Waals surface area (Å²) in [6, 6.07) is 12.5. The number of β-amino-alcohol motifs (C(OH)–C–C–N with tert-alkyl or cyclic N) is 1. The number of aliphatic hydroxyl groups is 1. The maximum absolute atomic E-state index is 12.5. The molecule has 0 spiro atoms. The van der Waals surface area contributed by atoms with E-state index in [2.05, 4.69) is 28.5 Å². The van der Waals surface area contributed by atoms with Crippen LogP contribution in [-0.4, -0.2) is 59.9 Å². The highest BCUT2D eigenvalue weighted by molar-refractivity contribution is 7.10. The molecule has 2 atom stereocenters. The van der Waals surface area contributed by atoms with Crippen LogP contribution in [0.4, 0.5) is 4.79 Å². The van der Waals surface area contributed by atoms with E-state index in [4.69, 9.17) is 4.74 Å². The molecule has 1 N–H and O–H groups in total. The first-order valence-corrected chi connectivity index (χ1v) is 11.0. The maximum atomic E-state index is 12.5. The van der Waals surface area contributed by atoms with E-state index in [9.17, 15) is 9.90 Å². The summed E-state index contributed by atoms with van der Waals surface area (Å²) in [6.45, 7) is 3.83. The fraction of sp³-hybridized carbons (Fsp3) is 0.500. The van der Waals surface area contributed by atoms with Crippen molar-refractivity contribution < 1.29 is 14.6 Å². The highest BCUT2D eigenvalue weighted by Gasteiger charge is 2.26.